The maximum atomic E-state index is 13.7. The third-order valence-corrected chi connectivity index (χ3v) is 9.85. The van der Waals surface area contributed by atoms with Crippen LogP contribution in [0.5, 0.6) is 0 Å². The van der Waals surface area contributed by atoms with Crippen LogP contribution in [0.2, 0.25) is 5.82 Å². The second-order valence-electron chi connectivity index (χ2n) is 12.5. The predicted molar refractivity (Wildman–Crippen MR) is 173 cm³/mol. The number of hydrogen-bond donors (Lipinski definition) is 3. The third kappa shape index (κ3) is 4.68. The molecule has 3 N–H and O–H groups in total. The van der Waals surface area contributed by atoms with Gasteiger partial charge in [0, 0.05) is 27.9 Å². The normalized spacial score (nSPS) is 16.5. The van der Waals surface area contributed by atoms with Crippen molar-refractivity contribution in [1.29, 1.82) is 0 Å². The number of carbonyl (C=O) groups excluding carboxylic acids is 2. The number of benzene rings is 5. The van der Waals surface area contributed by atoms with Gasteiger partial charge in [0.15, 0.2) is 0 Å². The lowest BCUT2D eigenvalue weighted by atomic mass is 9.54. The number of nitrogens with one attached hydrogen (secondary N) is 1. The molecule has 5 aromatic carbocycles. The molecule has 1 amide bonds. The zero-order chi connectivity index (χ0) is 30.5. The van der Waals surface area contributed by atoms with Crippen molar-refractivity contribution in [2.45, 2.75) is 76.1 Å². The van der Waals surface area contributed by atoms with E-state index in [1.165, 1.54) is 18.6 Å². The van der Waals surface area contributed by atoms with Gasteiger partial charge >= 0.3 is 11.9 Å². The van der Waals surface area contributed by atoms with Crippen molar-refractivity contribution >= 4 is 73.9 Å². The van der Waals surface area contributed by atoms with Gasteiger partial charge in [-0.05, 0) is 63.4 Å². The minimum Gasteiger partial charge on any atom is -0.478 e. The van der Waals surface area contributed by atoms with E-state index in [9.17, 15) is 29.4 Å². The summed E-state index contributed by atoms with van der Waals surface area (Å²) in [6.45, 7) is 0. The van der Waals surface area contributed by atoms with Crippen LogP contribution < -0.4 is 5.32 Å². The molecular weight excluding hydrogens is 553 g/mol. The Morgan fingerprint density at radius 1 is 0.545 bits per heavy atom. The molecule has 8 heteroatoms. The Bertz CT molecular complexity index is 1820. The van der Waals surface area contributed by atoms with E-state index >= 15 is 0 Å². The Balaban J connectivity index is 1.48. The van der Waals surface area contributed by atoms with E-state index < -0.39 is 11.9 Å². The lowest BCUT2D eigenvalue weighted by Gasteiger charge is -2.24. The van der Waals surface area contributed by atoms with Gasteiger partial charge in [0.1, 0.15) is 5.68 Å². The molecular formula is C36H33BNO6. The van der Waals surface area contributed by atoms with Gasteiger partial charge in [0.2, 0.25) is 7.28 Å². The minimum atomic E-state index is -1.13. The van der Waals surface area contributed by atoms with Gasteiger partial charge in [-0.15, -0.1) is 0 Å². The molecule has 0 bridgehead atoms. The fourth-order valence-electron chi connectivity index (χ4n) is 7.75. The summed E-state index contributed by atoms with van der Waals surface area (Å²) in [6.07, 6.45) is 10.3. The highest BCUT2D eigenvalue weighted by Crippen LogP contribution is 2.44. The Morgan fingerprint density at radius 2 is 0.977 bits per heavy atom. The van der Waals surface area contributed by atoms with E-state index in [4.69, 9.17) is 0 Å². The molecule has 221 valence electrons. The predicted octanol–water partition coefficient (Wildman–Crippen LogP) is 7.79. The smallest absolute Gasteiger partial charge is 0.336 e. The second kappa shape index (κ2) is 11.2. The molecule has 0 aromatic heterocycles. The van der Waals surface area contributed by atoms with E-state index in [1.54, 1.807) is 31.5 Å². The third-order valence-electron chi connectivity index (χ3n) is 9.85. The van der Waals surface area contributed by atoms with Gasteiger partial charge in [0.25, 0.3) is 5.91 Å². The standard InChI is InChI=1S/C36H33BNO6/c39-33(37-19-7-3-1-4-8-19)25-15-11-21-24-14-18-28(36(43)44)32-26(34(40)38-20-9-5-2-6-10-20)16-12-22(30(24)32)23-13-17-27(35(41)42)31(25)29(21)23/h11-20H,1-10H2,(H,38,40)(H,41,42)(H,43,44). The van der Waals surface area contributed by atoms with Crippen molar-refractivity contribution < 1.29 is 29.4 Å². The number of carboxylic acid groups (broad SMARTS) is 2. The summed E-state index contributed by atoms with van der Waals surface area (Å²) in [5, 5.41) is 28.5. The van der Waals surface area contributed by atoms with Crippen molar-refractivity contribution in [3.8, 4) is 0 Å². The first-order chi connectivity index (χ1) is 21.3. The Morgan fingerprint density at radius 3 is 1.48 bits per heavy atom. The second-order valence-corrected chi connectivity index (χ2v) is 12.5. The molecule has 1 radical (unpaired) electrons. The Hall–Kier alpha value is -4.46. The topological polar surface area (TPSA) is 121 Å². The molecule has 0 atom stereocenters. The molecule has 0 aliphatic heterocycles. The number of aromatic carboxylic acids is 2. The van der Waals surface area contributed by atoms with Crippen molar-refractivity contribution in [3.63, 3.8) is 0 Å². The summed E-state index contributed by atoms with van der Waals surface area (Å²) in [5.41, 5.74) is 0.588. The van der Waals surface area contributed by atoms with Gasteiger partial charge < -0.3 is 20.3 Å². The molecule has 0 unspecified atom stereocenters. The van der Waals surface area contributed by atoms with Crippen LogP contribution in [0.3, 0.4) is 0 Å². The number of rotatable bonds is 7. The monoisotopic (exact) mass is 586 g/mol. The zero-order valence-corrected chi connectivity index (χ0v) is 24.4. The van der Waals surface area contributed by atoms with Crippen LogP contribution in [-0.4, -0.2) is 47.1 Å². The summed E-state index contributed by atoms with van der Waals surface area (Å²) in [5.74, 6) is -2.36. The molecule has 7 nitrogen and oxygen atoms in total. The van der Waals surface area contributed by atoms with E-state index in [2.05, 4.69) is 5.32 Å². The fraction of sp³-hybridized carbons (Fsp3) is 0.333. The molecule has 2 aliphatic carbocycles. The molecule has 44 heavy (non-hydrogen) atoms. The molecule has 0 saturated heterocycles. The maximum absolute atomic E-state index is 13.7. The van der Waals surface area contributed by atoms with Gasteiger partial charge in [0.05, 0.1) is 11.1 Å². The molecule has 0 heterocycles. The van der Waals surface area contributed by atoms with Gasteiger partial charge in [-0.25, -0.2) is 9.59 Å². The van der Waals surface area contributed by atoms with Crippen LogP contribution in [-0.2, 0) is 0 Å². The molecule has 0 spiro atoms. The molecule has 7 rings (SSSR count). The van der Waals surface area contributed by atoms with Crippen molar-refractivity contribution in [3.05, 3.63) is 70.8 Å². The van der Waals surface area contributed by atoms with Crippen molar-refractivity contribution in [2.24, 2.45) is 0 Å². The molecule has 5 aromatic rings. The zero-order valence-electron chi connectivity index (χ0n) is 24.4. The molecule has 2 fully saturated rings. The molecule has 2 aliphatic rings. The SMILES string of the molecule is O=C(O)c1ccc2c3ccc(C(=O)NC4CCCCC4)c4c(C(=O)O)ccc(c5ccc(C(=O)[B]C6CCCCC6)c1c52)c43. The van der Waals surface area contributed by atoms with Crippen LogP contribution in [0.4, 0.5) is 0 Å². The van der Waals surface area contributed by atoms with Crippen LogP contribution in [0, 0.1) is 0 Å². The highest BCUT2D eigenvalue weighted by molar-refractivity contribution is 6.79. The first kappa shape index (κ1) is 28.3. The number of fused-ring (bicyclic) bond motifs is 2. The summed E-state index contributed by atoms with van der Waals surface area (Å²) in [4.78, 5) is 52.4. The maximum Gasteiger partial charge on any atom is 0.336 e. The molecule has 2 saturated carbocycles. The van der Waals surface area contributed by atoms with Gasteiger partial charge in [-0.1, -0.05) is 87.5 Å². The average molecular weight is 586 g/mol. The van der Waals surface area contributed by atoms with E-state index in [1.807, 2.05) is 12.1 Å². The first-order valence-corrected chi connectivity index (χ1v) is 15.7. The van der Waals surface area contributed by atoms with Crippen LogP contribution in [0.15, 0.2) is 48.5 Å². The Labute approximate surface area is 255 Å². The summed E-state index contributed by atoms with van der Waals surface area (Å²) < 4.78 is 0. The Kier molecular flexibility index (Phi) is 7.23. The summed E-state index contributed by atoms with van der Waals surface area (Å²) in [6, 6.07) is 13.6. The lowest BCUT2D eigenvalue weighted by Crippen LogP contribution is -2.36. The fourth-order valence-corrected chi connectivity index (χ4v) is 7.75. The first-order valence-electron chi connectivity index (χ1n) is 15.7. The summed E-state index contributed by atoms with van der Waals surface area (Å²) >= 11 is 0. The largest absolute Gasteiger partial charge is 0.478 e. The van der Waals surface area contributed by atoms with Gasteiger partial charge in [-0.3, -0.25) is 4.79 Å². The number of carboxylic acids is 2. The van der Waals surface area contributed by atoms with Gasteiger partial charge in [-0.2, -0.15) is 0 Å². The van der Waals surface area contributed by atoms with E-state index in [0.29, 0.717) is 54.2 Å². The van der Waals surface area contributed by atoms with Crippen LogP contribution >= 0.6 is 0 Å². The number of hydrogen-bond acceptors (Lipinski definition) is 4. The quantitative estimate of drug-likeness (QED) is 0.102. The van der Waals surface area contributed by atoms with E-state index in [-0.39, 0.29) is 34.6 Å². The van der Waals surface area contributed by atoms with Crippen molar-refractivity contribution in [2.75, 3.05) is 0 Å². The highest BCUT2D eigenvalue weighted by atomic mass is 16.4. The summed E-state index contributed by atoms with van der Waals surface area (Å²) in [7, 11) is 1.77. The lowest BCUT2D eigenvalue weighted by molar-refractivity contribution is 0.0688. The van der Waals surface area contributed by atoms with E-state index in [0.717, 1.165) is 57.8 Å². The number of amides is 1. The highest BCUT2D eigenvalue weighted by Gasteiger charge is 2.28. The van der Waals surface area contributed by atoms with Crippen molar-refractivity contribution in [1.82, 2.24) is 5.32 Å². The van der Waals surface area contributed by atoms with Crippen LogP contribution in [0.25, 0.3) is 43.1 Å². The minimum absolute atomic E-state index is 0.0372. The number of carbonyl (C=O) groups is 4. The van der Waals surface area contributed by atoms with Crippen LogP contribution in [0.1, 0.15) is 106 Å². The average Bonchev–Trinajstić information content (AvgIpc) is 3.03.